The van der Waals surface area contributed by atoms with Gasteiger partial charge < -0.3 is 19.5 Å². The van der Waals surface area contributed by atoms with Crippen LogP contribution in [0.15, 0.2) is 66.2 Å². The molecule has 0 unspecified atom stereocenters. The Hall–Kier alpha value is -4.44. The highest BCUT2D eigenvalue weighted by atomic mass is 32.1. The van der Waals surface area contributed by atoms with Gasteiger partial charge in [-0.25, -0.2) is 4.98 Å². The van der Waals surface area contributed by atoms with E-state index in [1.54, 1.807) is 30.5 Å². The van der Waals surface area contributed by atoms with Crippen LogP contribution in [0.2, 0.25) is 0 Å². The van der Waals surface area contributed by atoms with Gasteiger partial charge in [0.1, 0.15) is 17.3 Å². The maximum atomic E-state index is 12.8. The van der Waals surface area contributed by atoms with Crippen LogP contribution in [0.25, 0.3) is 22.0 Å². The number of aromatic nitrogens is 2. The van der Waals surface area contributed by atoms with Gasteiger partial charge in [-0.2, -0.15) is 0 Å². The number of benzene rings is 2. The number of nitrogens with one attached hydrogen (secondary N) is 1. The largest absolute Gasteiger partial charge is 0.482 e. The SMILES string of the molecule is O=C(CN1C(=O)COc2ccc(-c3csc(-c4ccccn4)n3)cc21)Nc1ccc2c(c1)OCO2. The van der Waals surface area contributed by atoms with Gasteiger partial charge in [0, 0.05) is 28.9 Å². The van der Waals surface area contributed by atoms with Crippen molar-refractivity contribution in [3.8, 4) is 39.2 Å². The molecule has 6 rings (SSSR count). The lowest BCUT2D eigenvalue weighted by Crippen LogP contribution is -2.43. The smallest absolute Gasteiger partial charge is 0.265 e. The standard InChI is InChI=1S/C25H18N4O5S/c30-23(27-16-5-7-21-22(10-16)34-14-33-21)11-29-19-9-15(4-6-20(19)32-12-24(29)31)18-13-35-25(28-18)17-3-1-2-8-26-17/h1-10,13H,11-12,14H2,(H,27,30). The van der Waals surface area contributed by atoms with E-state index in [4.69, 9.17) is 19.2 Å². The second kappa shape index (κ2) is 8.73. The van der Waals surface area contributed by atoms with Crippen molar-refractivity contribution in [3.63, 3.8) is 0 Å². The minimum absolute atomic E-state index is 0.135. The molecule has 0 saturated heterocycles. The van der Waals surface area contributed by atoms with Crippen molar-refractivity contribution >= 4 is 34.5 Å². The Morgan fingerprint density at radius 2 is 1.89 bits per heavy atom. The van der Waals surface area contributed by atoms with Crippen LogP contribution in [-0.4, -0.2) is 41.7 Å². The van der Waals surface area contributed by atoms with E-state index in [0.29, 0.717) is 28.6 Å². The third-order valence-electron chi connectivity index (χ3n) is 5.54. The summed E-state index contributed by atoms with van der Waals surface area (Å²) in [7, 11) is 0. The molecule has 174 valence electrons. The van der Waals surface area contributed by atoms with Crippen molar-refractivity contribution in [1.29, 1.82) is 0 Å². The summed E-state index contributed by atoms with van der Waals surface area (Å²) in [5, 5.41) is 5.55. The highest BCUT2D eigenvalue weighted by Gasteiger charge is 2.28. The van der Waals surface area contributed by atoms with Gasteiger partial charge in [0.15, 0.2) is 18.1 Å². The lowest BCUT2D eigenvalue weighted by atomic mass is 10.1. The fourth-order valence-corrected chi connectivity index (χ4v) is 4.67. The quantitative estimate of drug-likeness (QED) is 0.455. The van der Waals surface area contributed by atoms with Crippen LogP contribution in [0.3, 0.4) is 0 Å². The minimum Gasteiger partial charge on any atom is -0.482 e. The van der Waals surface area contributed by atoms with E-state index in [0.717, 1.165) is 22.0 Å². The van der Waals surface area contributed by atoms with E-state index in [1.165, 1.54) is 16.2 Å². The maximum Gasteiger partial charge on any atom is 0.265 e. The highest BCUT2D eigenvalue weighted by molar-refractivity contribution is 7.13. The minimum atomic E-state index is -0.346. The number of amides is 2. The summed E-state index contributed by atoms with van der Waals surface area (Å²) in [5.41, 5.74) is 3.43. The zero-order chi connectivity index (χ0) is 23.8. The van der Waals surface area contributed by atoms with Crippen molar-refractivity contribution in [2.45, 2.75) is 0 Å². The third-order valence-corrected chi connectivity index (χ3v) is 6.41. The van der Waals surface area contributed by atoms with Crippen molar-refractivity contribution in [1.82, 2.24) is 9.97 Å². The number of carbonyl (C=O) groups is 2. The summed E-state index contributed by atoms with van der Waals surface area (Å²) < 4.78 is 16.3. The summed E-state index contributed by atoms with van der Waals surface area (Å²) in [5.74, 6) is 1.07. The number of carbonyl (C=O) groups excluding carboxylic acids is 2. The lowest BCUT2D eigenvalue weighted by molar-refractivity contribution is -0.123. The normalized spacial score (nSPS) is 13.8. The molecule has 0 radical (unpaired) electrons. The summed E-state index contributed by atoms with van der Waals surface area (Å²) in [6, 6.07) is 16.3. The molecule has 4 heterocycles. The van der Waals surface area contributed by atoms with E-state index < -0.39 is 0 Å². The lowest BCUT2D eigenvalue weighted by Gasteiger charge is -2.29. The molecule has 1 N–H and O–H groups in total. The Balaban J connectivity index is 1.24. The number of fused-ring (bicyclic) bond motifs is 2. The Morgan fingerprint density at radius 3 is 2.77 bits per heavy atom. The van der Waals surface area contributed by atoms with Crippen LogP contribution >= 0.6 is 11.3 Å². The Bertz CT molecular complexity index is 1440. The Labute approximate surface area is 203 Å². The summed E-state index contributed by atoms with van der Waals surface area (Å²) in [6.45, 7) is -0.149. The van der Waals surface area contributed by atoms with Gasteiger partial charge in [-0.3, -0.25) is 19.5 Å². The van der Waals surface area contributed by atoms with Crippen LogP contribution in [0.5, 0.6) is 17.2 Å². The molecule has 2 aliphatic rings. The van der Waals surface area contributed by atoms with Crippen LogP contribution in [0.4, 0.5) is 11.4 Å². The number of hydrogen-bond donors (Lipinski definition) is 1. The zero-order valence-electron chi connectivity index (χ0n) is 18.3. The first-order chi connectivity index (χ1) is 17.1. The zero-order valence-corrected chi connectivity index (χ0v) is 19.1. The fourth-order valence-electron chi connectivity index (χ4n) is 3.87. The van der Waals surface area contributed by atoms with Gasteiger partial charge >= 0.3 is 0 Å². The Morgan fingerprint density at radius 1 is 1.00 bits per heavy atom. The molecule has 0 saturated carbocycles. The van der Waals surface area contributed by atoms with Gasteiger partial charge in [0.2, 0.25) is 12.7 Å². The van der Waals surface area contributed by atoms with Crippen LogP contribution in [-0.2, 0) is 9.59 Å². The second-order valence-corrected chi connectivity index (χ2v) is 8.68. The van der Waals surface area contributed by atoms with E-state index in [-0.39, 0.29) is 31.8 Å². The molecule has 0 bridgehead atoms. The van der Waals surface area contributed by atoms with Gasteiger partial charge in [-0.1, -0.05) is 6.07 Å². The van der Waals surface area contributed by atoms with Crippen LogP contribution in [0.1, 0.15) is 0 Å². The molecular formula is C25H18N4O5S. The van der Waals surface area contributed by atoms with Gasteiger partial charge in [-0.15, -0.1) is 11.3 Å². The van der Waals surface area contributed by atoms with Gasteiger partial charge in [0.25, 0.3) is 5.91 Å². The monoisotopic (exact) mass is 486 g/mol. The van der Waals surface area contributed by atoms with E-state index in [1.807, 2.05) is 35.7 Å². The maximum absolute atomic E-state index is 12.8. The summed E-state index contributed by atoms with van der Waals surface area (Å²) in [6.07, 6.45) is 1.73. The first-order valence-corrected chi connectivity index (χ1v) is 11.7. The molecule has 35 heavy (non-hydrogen) atoms. The van der Waals surface area contributed by atoms with E-state index in [9.17, 15) is 9.59 Å². The molecule has 4 aromatic rings. The third kappa shape index (κ3) is 4.15. The van der Waals surface area contributed by atoms with Crippen molar-refractivity contribution < 1.29 is 23.8 Å². The average Bonchev–Trinajstić information content (AvgIpc) is 3.56. The van der Waals surface area contributed by atoms with Gasteiger partial charge in [0.05, 0.1) is 17.1 Å². The molecule has 2 aromatic carbocycles. The second-order valence-electron chi connectivity index (χ2n) is 7.82. The fraction of sp³-hybridized carbons (Fsp3) is 0.120. The van der Waals surface area contributed by atoms with Gasteiger partial charge in [-0.05, 0) is 42.5 Å². The number of thiazole rings is 1. The van der Waals surface area contributed by atoms with Crippen molar-refractivity contribution in [2.24, 2.45) is 0 Å². The number of ether oxygens (including phenoxy) is 3. The number of hydrogen-bond acceptors (Lipinski definition) is 8. The number of nitrogens with zero attached hydrogens (tertiary/aromatic N) is 3. The number of rotatable bonds is 5. The molecule has 0 spiro atoms. The predicted molar refractivity (Wildman–Crippen MR) is 130 cm³/mol. The summed E-state index contributed by atoms with van der Waals surface area (Å²) >= 11 is 1.49. The highest BCUT2D eigenvalue weighted by Crippen LogP contribution is 2.37. The van der Waals surface area contributed by atoms with Crippen LogP contribution in [0, 0.1) is 0 Å². The molecule has 2 aromatic heterocycles. The molecule has 0 atom stereocenters. The molecule has 2 amide bonds. The predicted octanol–water partition coefficient (Wildman–Crippen LogP) is 3.96. The first-order valence-electron chi connectivity index (χ1n) is 10.8. The van der Waals surface area contributed by atoms with Crippen molar-refractivity contribution in [2.75, 3.05) is 30.2 Å². The van der Waals surface area contributed by atoms with Crippen LogP contribution < -0.4 is 24.4 Å². The topological polar surface area (TPSA) is 103 Å². The number of pyridine rings is 1. The summed E-state index contributed by atoms with van der Waals surface area (Å²) in [4.78, 5) is 36.0. The van der Waals surface area contributed by atoms with Crippen molar-refractivity contribution in [3.05, 3.63) is 66.2 Å². The van der Waals surface area contributed by atoms with E-state index >= 15 is 0 Å². The first kappa shape index (κ1) is 21.1. The molecule has 0 fully saturated rings. The average molecular weight is 487 g/mol. The molecule has 9 nitrogen and oxygen atoms in total. The molecule has 10 heteroatoms. The number of anilines is 2. The molecule has 2 aliphatic heterocycles. The molecular weight excluding hydrogens is 468 g/mol. The Kier molecular flexibility index (Phi) is 5.27. The molecule has 0 aliphatic carbocycles. The van der Waals surface area contributed by atoms with E-state index in [2.05, 4.69) is 10.3 Å².